The number of rotatable bonds is 14. The van der Waals surface area contributed by atoms with Crippen LogP contribution >= 0.6 is 0 Å². The Labute approximate surface area is 482 Å². The third kappa shape index (κ3) is 9.03. The number of nitrogens with zero attached hydrogens (tertiary/aromatic N) is 6. The molecule has 0 aliphatic carbocycles. The Kier molecular flexibility index (Phi) is 13.3. The highest BCUT2D eigenvalue weighted by molar-refractivity contribution is 8.05. The van der Waals surface area contributed by atoms with E-state index >= 15 is 26.3 Å². The summed E-state index contributed by atoms with van der Waals surface area (Å²) in [4.78, 5) is 9.33. The van der Waals surface area contributed by atoms with Gasteiger partial charge in [-0.15, -0.1) is 0 Å². The summed E-state index contributed by atoms with van der Waals surface area (Å²) in [6.45, 7) is 1.73. The number of oxazole rings is 2. The smallest absolute Gasteiger partial charge is 0.503 e. The molecule has 2 aliphatic heterocycles. The molecule has 1 N–H and O–H groups in total. The predicted octanol–water partition coefficient (Wildman–Crippen LogP) is 8.72. The third-order valence-corrected chi connectivity index (χ3v) is 18.1. The van der Waals surface area contributed by atoms with Crippen molar-refractivity contribution in [2.24, 2.45) is 0 Å². The standard InChI is InChI=1S/C53H28B2F9N7O13S3/c1-28-12-2-3-13-31(28)45-43-42(46(71(45)55-82-40-20-10-11-21-41(40)83-55)32(26-65)48-67-34-14-4-6-16-36(34)78-48)44(70(54-80-38-18-8-9-19-39(38)81-54)47(43)33(27-66)49-68-35-15-5-7-17-37(35)79-49)29-22-24-30(25-23-29)84-87(76,77)52(60,61)50(56,57)51(58,59)85(72,73)69-86(74,75)53(62,63)64/h2-25,69H,1H3/b46-32-,47-33-. The zero-order valence-electron chi connectivity index (χ0n) is 43.1. The van der Waals surface area contributed by atoms with Crippen LogP contribution in [0.15, 0.2) is 154 Å². The van der Waals surface area contributed by atoms with Crippen molar-refractivity contribution < 1.29 is 96.4 Å². The van der Waals surface area contributed by atoms with Gasteiger partial charge in [-0.2, -0.15) is 58.5 Å². The minimum Gasteiger partial charge on any atom is -0.503 e. The number of benzene rings is 6. The molecule has 87 heavy (non-hydrogen) atoms. The number of para-hydroxylation sites is 8. The summed E-state index contributed by atoms with van der Waals surface area (Å²) >= 11 is 0. The van der Waals surface area contributed by atoms with E-state index in [4.69, 9.17) is 27.5 Å². The molecule has 10 aromatic rings. The average molecular weight is 1260 g/mol. The van der Waals surface area contributed by atoms with Crippen molar-refractivity contribution in [3.8, 4) is 63.4 Å². The first-order valence-corrected chi connectivity index (χ1v) is 29.0. The summed E-state index contributed by atoms with van der Waals surface area (Å²) in [5, 5.41) is 7.76. The van der Waals surface area contributed by atoms with Gasteiger partial charge in [-0.05, 0) is 90.8 Å². The molecule has 6 aromatic carbocycles. The van der Waals surface area contributed by atoms with Gasteiger partial charge < -0.3 is 40.6 Å². The van der Waals surface area contributed by atoms with Crippen LogP contribution in [0, 0.1) is 29.6 Å². The van der Waals surface area contributed by atoms with Crippen molar-refractivity contribution in [3.05, 3.63) is 174 Å². The van der Waals surface area contributed by atoms with Crippen LogP contribution in [-0.4, -0.2) is 80.6 Å². The van der Waals surface area contributed by atoms with Gasteiger partial charge in [0.2, 0.25) is 11.8 Å². The van der Waals surface area contributed by atoms with E-state index in [1.807, 2.05) is 0 Å². The Morgan fingerprint density at radius 3 is 1.39 bits per heavy atom. The zero-order chi connectivity index (χ0) is 62.0. The highest BCUT2D eigenvalue weighted by atomic mass is 32.3. The van der Waals surface area contributed by atoms with Gasteiger partial charge in [0.05, 0.1) is 22.1 Å². The maximum Gasteiger partial charge on any atom is 0.743 e. The molecule has 0 saturated carbocycles. The molecule has 0 fully saturated rings. The minimum absolute atomic E-state index is 0.00135. The molecule has 6 heterocycles. The minimum atomic E-state index is -8.11. The molecule has 34 heteroatoms. The lowest BCUT2D eigenvalue weighted by atomic mass is 9.99. The SMILES string of the molecule is Cc1ccccc1-c1c2/c(=C(\C#N)c3nc4ccccc4o3)n(B3Oc4ccccc4O3)c(-c3ccc(OS(=O)(=O)C(F)(F)C(F)(F)C(F)(F)S(=O)(=O)NS(=O)(=O)C(F)(F)F)cc3)c2/c(=C(\C#N)c2nc3ccccc3o2)n1B1Oc2ccccc2O1. The van der Waals surface area contributed by atoms with Crippen molar-refractivity contribution >= 4 is 88.8 Å². The molecule has 4 aromatic heterocycles. The Morgan fingerprint density at radius 1 is 0.540 bits per heavy atom. The highest BCUT2D eigenvalue weighted by Gasteiger charge is 2.83. The number of aryl methyl sites for hydroxylation is 1. The van der Waals surface area contributed by atoms with Crippen molar-refractivity contribution in [2.75, 3.05) is 0 Å². The van der Waals surface area contributed by atoms with E-state index in [1.165, 1.54) is 21.1 Å². The first kappa shape index (κ1) is 57.5. The van der Waals surface area contributed by atoms with E-state index in [0.717, 1.165) is 12.1 Å². The summed E-state index contributed by atoms with van der Waals surface area (Å²) < 4.78 is 249. The molecule has 0 radical (unpaired) electrons. The van der Waals surface area contributed by atoms with Crippen molar-refractivity contribution in [2.45, 2.75) is 28.9 Å². The number of aromatic nitrogens is 4. The van der Waals surface area contributed by atoms with Crippen LogP contribution in [0.1, 0.15) is 17.3 Å². The van der Waals surface area contributed by atoms with E-state index < -0.39 is 76.5 Å². The number of fused-ring (bicyclic) bond motifs is 5. The fourth-order valence-corrected chi connectivity index (χ4v) is 13.0. The van der Waals surface area contributed by atoms with Crippen LogP contribution in [-0.2, 0) is 30.2 Å². The van der Waals surface area contributed by atoms with E-state index in [-0.39, 0.29) is 107 Å². The van der Waals surface area contributed by atoms with Crippen LogP contribution in [0.2, 0.25) is 0 Å². The molecule has 2 aliphatic rings. The Hall–Kier alpha value is -9.89. The molecule has 20 nitrogen and oxygen atoms in total. The predicted molar refractivity (Wildman–Crippen MR) is 288 cm³/mol. The van der Waals surface area contributed by atoms with E-state index in [9.17, 15) is 48.9 Å². The second-order valence-electron chi connectivity index (χ2n) is 18.8. The van der Waals surface area contributed by atoms with Gasteiger partial charge in [0.15, 0.2) is 11.2 Å². The summed E-state index contributed by atoms with van der Waals surface area (Å²) in [6.07, 6.45) is 0. The summed E-state index contributed by atoms with van der Waals surface area (Å²) in [6, 6.07) is 39.5. The van der Waals surface area contributed by atoms with Crippen molar-refractivity contribution in [1.29, 1.82) is 10.5 Å². The molecule has 440 valence electrons. The number of nitrogens with one attached hydrogen (secondary N) is 1. The lowest BCUT2D eigenvalue weighted by Crippen LogP contribution is -2.64. The molecule has 12 rings (SSSR count). The quantitative estimate of drug-likeness (QED) is 0.0605. The van der Waals surface area contributed by atoms with Gasteiger partial charge in [0.25, 0.3) is 10.0 Å². The van der Waals surface area contributed by atoms with Gasteiger partial charge in [0.1, 0.15) is 63.1 Å². The lowest BCUT2D eigenvalue weighted by molar-refractivity contribution is -0.245. The number of hydrogen-bond donors (Lipinski definition) is 1. The summed E-state index contributed by atoms with van der Waals surface area (Å²) in [7, 11) is -26.6. The normalized spacial score (nSPS) is 14.6. The Bertz CT molecular complexity index is 4910. The lowest BCUT2D eigenvalue weighted by Gasteiger charge is -2.31. The Morgan fingerprint density at radius 2 is 0.954 bits per heavy atom. The van der Waals surface area contributed by atoms with E-state index in [0.29, 0.717) is 23.3 Å². The largest absolute Gasteiger partial charge is 0.743 e. The molecule has 0 amide bonds. The van der Waals surface area contributed by atoms with Gasteiger partial charge in [-0.1, -0.05) is 76.9 Å². The summed E-state index contributed by atoms with van der Waals surface area (Å²) in [5.41, 5.74) is -6.07. The molecular weight excluding hydrogens is 1230 g/mol. The van der Waals surface area contributed by atoms with Crippen LogP contribution in [0.3, 0.4) is 0 Å². The van der Waals surface area contributed by atoms with E-state index in [2.05, 4.69) is 26.3 Å². The molecule has 0 unspecified atom stereocenters. The number of sulfonamides is 2. The highest BCUT2D eigenvalue weighted by Crippen LogP contribution is 2.52. The topological polar surface area (TPSA) is 270 Å². The monoisotopic (exact) mass is 1260 g/mol. The Balaban J connectivity index is 1.18. The van der Waals surface area contributed by atoms with Gasteiger partial charge in [0, 0.05) is 16.3 Å². The molecule has 0 saturated heterocycles. The maximum absolute atomic E-state index is 15.6. The van der Waals surface area contributed by atoms with Crippen LogP contribution in [0.25, 0.3) is 66.6 Å². The first-order chi connectivity index (χ1) is 41.1. The van der Waals surface area contributed by atoms with E-state index in [1.54, 1.807) is 116 Å². The van der Waals surface area contributed by atoms with Gasteiger partial charge in [-0.25, -0.2) is 26.8 Å². The van der Waals surface area contributed by atoms with Crippen molar-refractivity contribution in [3.63, 3.8) is 0 Å². The van der Waals surface area contributed by atoms with Crippen molar-refractivity contribution in [1.82, 2.24) is 23.1 Å². The molecule has 0 bridgehead atoms. The molecule has 0 atom stereocenters. The van der Waals surface area contributed by atoms with Gasteiger partial charge >= 0.3 is 56.6 Å². The number of hydrogen-bond acceptors (Lipinski definition) is 17. The average Bonchev–Trinajstić information content (AvgIpc) is 1.59. The first-order valence-electron chi connectivity index (χ1n) is 24.6. The number of alkyl halides is 9. The second-order valence-corrected chi connectivity index (χ2v) is 24.1. The number of nitriles is 2. The van der Waals surface area contributed by atoms with Crippen LogP contribution in [0.5, 0.6) is 28.7 Å². The fraction of sp³-hybridized carbons (Fsp3) is 0.0943. The van der Waals surface area contributed by atoms with Gasteiger partial charge in [-0.3, -0.25) is 0 Å². The van der Waals surface area contributed by atoms with Crippen LogP contribution < -0.4 is 37.6 Å². The second kappa shape index (κ2) is 20.1. The molecular formula is C53H28B2F9N7O13S3. The molecule has 0 spiro atoms. The summed E-state index contributed by atoms with van der Waals surface area (Å²) in [5.74, 6) is -9.22. The van der Waals surface area contributed by atoms with Crippen LogP contribution in [0.4, 0.5) is 39.5 Å². The maximum atomic E-state index is 15.6. The number of halogens is 9. The fourth-order valence-electron chi connectivity index (χ4n) is 9.63. The zero-order valence-corrected chi connectivity index (χ0v) is 45.6. The third-order valence-electron chi connectivity index (χ3n) is 13.5.